The summed E-state index contributed by atoms with van der Waals surface area (Å²) < 4.78 is 2.11. The fourth-order valence-corrected chi connectivity index (χ4v) is 2.02. The zero-order valence-electron chi connectivity index (χ0n) is 10.0. The summed E-state index contributed by atoms with van der Waals surface area (Å²) in [6.07, 6.45) is 7.77. The van der Waals surface area contributed by atoms with Crippen LogP contribution in [-0.2, 0) is 0 Å². The first-order chi connectivity index (χ1) is 8.22. The molecule has 0 spiro atoms. The largest absolute Gasteiger partial charge is 0.397 e. The number of imidazole rings is 1. The third kappa shape index (κ3) is 2.41. The van der Waals surface area contributed by atoms with E-state index >= 15 is 0 Å². The van der Waals surface area contributed by atoms with Crippen molar-refractivity contribution in [3.8, 4) is 0 Å². The van der Waals surface area contributed by atoms with E-state index in [1.54, 1.807) is 6.20 Å². The number of aromatic nitrogens is 2. The van der Waals surface area contributed by atoms with E-state index < -0.39 is 0 Å². The Kier molecular flexibility index (Phi) is 3.32. The van der Waals surface area contributed by atoms with Crippen LogP contribution in [0, 0.1) is 0 Å². The average Bonchev–Trinajstić information content (AvgIpc) is 2.83. The Morgan fingerprint density at radius 3 is 2.71 bits per heavy atom. The molecule has 1 heterocycles. The summed E-state index contributed by atoms with van der Waals surface area (Å²) in [6, 6.07) is 6.14. The van der Waals surface area contributed by atoms with E-state index in [4.69, 9.17) is 11.5 Å². The molecule has 1 aromatic heterocycles. The Hall–Kier alpha value is -1.97. The first-order valence-corrected chi connectivity index (χ1v) is 5.84. The molecule has 0 bridgehead atoms. The quantitative estimate of drug-likeness (QED) is 0.792. The number of benzene rings is 1. The second-order valence-corrected chi connectivity index (χ2v) is 4.20. The fourth-order valence-electron chi connectivity index (χ4n) is 2.02. The third-order valence-electron chi connectivity index (χ3n) is 2.94. The van der Waals surface area contributed by atoms with Crippen LogP contribution in [-0.4, -0.2) is 9.55 Å². The Balaban J connectivity index is 2.35. The molecule has 1 unspecified atom stereocenters. The Labute approximate surface area is 101 Å². The molecule has 4 nitrogen and oxygen atoms in total. The van der Waals surface area contributed by atoms with Gasteiger partial charge in [0.25, 0.3) is 0 Å². The van der Waals surface area contributed by atoms with Crippen LogP contribution in [0.3, 0.4) is 0 Å². The van der Waals surface area contributed by atoms with Crippen LogP contribution in [0.4, 0.5) is 11.4 Å². The average molecular weight is 230 g/mol. The van der Waals surface area contributed by atoms with Gasteiger partial charge in [-0.05, 0) is 24.1 Å². The van der Waals surface area contributed by atoms with E-state index in [0.29, 0.717) is 11.4 Å². The molecule has 0 amide bonds. The lowest BCUT2D eigenvalue weighted by Gasteiger charge is -2.19. The minimum absolute atomic E-state index is 0.283. The summed E-state index contributed by atoms with van der Waals surface area (Å²) >= 11 is 0. The number of hydrogen-bond donors (Lipinski definition) is 2. The van der Waals surface area contributed by atoms with Crippen LogP contribution < -0.4 is 11.5 Å². The van der Waals surface area contributed by atoms with Crippen molar-refractivity contribution in [2.75, 3.05) is 11.5 Å². The van der Waals surface area contributed by atoms with Crippen LogP contribution in [0.15, 0.2) is 36.9 Å². The number of hydrogen-bond acceptors (Lipinski definition) is 3. The lowest BCUT2D eigenvalue weighted by atomic mass is 10.0. The van der Waals surface area contributed by atoms with Gasteiger partial charge in [-0.3, -0.25) is 0 Å². The molecule has 0 radical (unpaired) electrons. The number of nitrogens with two attached hydrogens (primary N) is 2. The van der Waals surface area contributed by atoms with Gasteiger partial charge in [0.15, 0.2) is 0 Å². The number of nitrogen functional groups attached to an aromatic ring is 2. The molecule has 0 saturated heterocycles. The summed E-state index contributed by atoms with van der Waals surface area (Å²) in [4.78, 5) is 4.10. The lowest BCUT2D eigenvalue weighted by Crippen LogP contribution is -2.09. The molecule has 0 fully saturated rings. The van der Waals surface area contributed by atoms with Crippen molar-refractivity contribution in [1.29, 1.82) is 0 Å². The minimum Gasteiger partial charge on any atom is -0.397 e. The molecule has 0 aliphatic rings. The van der Waals surface area contributed by atoms with Crippen LogP contribution in [0.5, 0.6) is 0 Å². The van der Waals surface area contributed by atoms with Gasteiger partial charge in [-0.2, -0.15) is 0 Å². The van der Waals surface area contributed by atoms with Crippen molar-refractivity contribution < 1.29 is 0 Å². The maximum absolute atomic E-state index is 5.86. The molecule has 0 saturated carbocycles. The molecular weight excluding hydrogens is 212 g/mol. The van der Waals surface area contributed by atoms with Gasteiger partial charge in [-0.25, -0.2) is 4.98 Å². The van der Waals surface area contributed by atoms with E-state index in [9.17, 15) is 0 Å². The predicted molar refractivity (Wildman–Crippen MR) is 70.5 cm³/mol. The van der Waals surface area contributed by atoms with E-state index in [1.807, 2.05) is 30.7 Å². The molecular formula is C13H18N4. The summed E-state index contributed by atoms with van der Waals surface area (Å²) in [5, 5.41) is 0. The van der Waals surface area contributed by atoms with E-state index in [0.717, 1.165) is 12.8 Å². The maximum Gasteiger partial charge on any atom is 0.0951 e. The molecule has 2 aromatic rings. The summed E-state index contributed by atoms with van der Waals surface area (Å²) in [5.41, 5.74) is 14.0. The maximum atomic E-state index is 5.86. The SMILES string of the molecule is CCCC(c1ccc(N)c(N)c1)n1ccnc1. The second-order valence-electron chi connectivity index (χ2n) is 4.20. The van der Waals surface area contributed by atoms with Crippen LogP contribution in [0.1, 0.15) is 31.4 Å². The summed E-state index contributed by atoms with van der Waals surface area (Å²) in [6.45, 7) is 2.17. The molecule has 0 aliphatic carbocycles. The van der Waals surface area contributed by atoms with Crippen molar-refractivity contribution >= 4 is 11.4 Å². The highest BCUT2D eigenvalue weighted by molar-refractivity contribution is 5.64. The van der Waals surface area contributed by atoms with Crippen molar-refractivity contribution in [3.05, 3.63) is 42.5 Å². The summed E-state index contributed by atoms with van der Waals surface area (Å²) in [5.74, 6) is 0. The molecule has 1 atom stereocenters. The minimum atomic E-state index is 0.283. The number of nitrogens with zero attached hydrogens (tertiary/aromatic N) is 2. The number of rotatable bonds is 4. The van der Waals surface area contributed by atoms with Gasteiger partial charge in [0.2, 0.25) is 0 Å². The fraction of sp³-hybridized carbons (Fsp3) is 0.308. The van der Waals surface area contributed by atoms with E-state index in [1.165, 1.54) is 5.56 Å². The molecule has 4 N–H and O–H groups in total. The van der Waals surface area contributed by atoms with Gasteiger partial charge >= 0.3 is 0 Å². The molecule has 1 aromatic carbocycles. The van der Waals surface area contributed by atoms with E-state index in [2.05, 4.69) is 16.5 Å². The Morgan fingerprint density at radius 2 is 2.12 bits per heavy atom. The van der Waals surface area contributed by atoms with Gasteiger partial charge in [0.05, 0.1) is 23.7 Å². The van der Waals surface area contributed by atoms with Crippen molar-refractivity contribution in [2.45, 2.75) is 25.8 Å². The zero-order chi connectivity index (χ0) is 12.3. The highest BCUT2D eigenvalue weighted by Crippen LogP contribution is 2.27. The smallest absolute Gasteiger partial charge is 0.0951 e. The zero-order valence-corrected chi connectivity index (χ0v) is 10.0. The summed E-state index contributed by atoms with van der Waals surface area (Å²) in [7, 11) is 0. The van der Waals surface area contributed by atoms with Gasteiger partial charge < -0.3 is 16.0 Å². The highest BCUT2D eigenvalue weighted by Gasteiger charge is 2.12. The Bertz CT molecular complexity index is 476. The molecule has 0 aliphatic heterocycles. The van der Waals surface area contributed by atoms with Gasteiger partial charge in [-0.15, -0.1) is 0 Å². The Morgan fingerprint density at radius 1 is 1.29 bits per heavy atom. The lowest BCUT2D eigenvalue weighted by molar-refractivity contribution is 0.533. The molecule has 4 heteroatoms. The molecule has 17 heavy (non-hydrogen) atoms. The monoisotopic (exact) mass is 230 g/mol. The standard InChI is InChI=1S/C13H18N4/c1-2-3-13(17-7-6-16-9-17)10-4-5-11(14)12(15)8-10/h4-9,13H,2-3,14-15H2,1H3. The number of anilines is 2. The van der Waals surface area contributed by atoms with Crippen molar-refractivity contribution in [3.63, 3.8) is 0 Å². The highest BCUT2D eigenvalue weighted by atomic mass is 15.0. The van der Waals surface area contributed by atoms with Gasteiger partial charge in [0.1, 0.15) is 0 Å². The van der Waals surface area contributed by atoms with Crippen molar-refractivity contribution in [1.82, 2.24) is 9.55 Å². The second kappa shape index (κ2) is 4.91. The van der Waals surface area contributed by atoms with Crippen LogP contribution in [0.2, 0.25) is 0 Å². The van der Waals surface area contributed by atoms with Gasteiger partial charge in [-0.1, -0.05) is 19.4 Å². The van der Waals surface area contributed by atoms with E-state index in [-0.39, 0.29) is 6.04 Å². The first-order valence-electron chi connectivity index (χ1n) is 5.84. The molecule has 90 valence electrons. The van der Waals surface area contributed by atoms with Gasteiger partial charge in [0, 0.05) is 12.4 Å². The third-order valence-corrected chi connectivity index (χ3v) is 2.94. The van der Waals surface area contributed by atoms with Crippen molar-refractivity contribution in [2.24, 2.45) is 0 Å². The predicted octanol–water partition coefficient (Wildman–Crippen LogP) is 2.44. The topological polar surface area (TPSA) is 69.9 Å². The molecule has 2 rings (SSSR count). The van der Waals surface area contributed by atoms with Crippen LogP contribution >= 0.6 is 0 Å². The first kappa shape index (κ1) is 11.5. The normalized spacial score (nSPS) is 12.5. The van der Waals surface area contributed by atoms with Crippen LogP contribution in [0.25, 0.3) is 0 Å².